The van der Waals surface area contributed by atoms with Gasteiger partial charge >= 0.3 is 11.9 Å². The van der Waals surface area contributed by atoms with Crippen LogP contribution in [0.1, 0.15) is 65.2 Å². The Hall–Kier alpha value is -1.54. The van der Waals surface area contributed by atoms with Crippen LogP contribution in [0.3, 0.4) is 0 Å². The van der Waals surface area contributed by atoms with Gasteiger partial charge in [-0.3, -0.25) is 9.59 Å². The van der Waals surface area contributed by atoms with Gasteiger partial charge in [-0.2, -0.15) is 0 Å². The van der Waals surface area contributed by atoms with Crippen LogP contribution in [0.15, 0.2) is 0 Å². The van der Waals surface area contributed by atoms with Crippen molar-refractivity contribution in [3.63, 3.8) is 0 Å². The number of carbonyl (C=O) groups excluding carboxylic acids is 1. The van der Waals surface area contributed by atoms with E-state index in [4.69, 9.17) is 15.9 Å². The van der Waals surface area contributed by atoms with Crippen molar-refractivity contribution in [2.24, 2.45) is 39.9 Å². The van der Waals surface area contributed by atoms with Gasteiger partial charge in [-0.15, -0.1) is 6.42 Å². The number of carbonyl (C=O) groups is 2. The fourth-order valence-electron chi connectivity index (χ4n) is 9.24. The quantitative estimate of drug-likeness (QED) is 0.578. The van der Waals surface area contributed by atoms with E-state index >= 15 is 0 Å². The van der Waals surface area contributed by atoms with Crippen molar-refractivity contribution in [1.29, 1.82) is 0 Å². The van der Waals surface area contributed by atoms with E-state index in [9.17, 15) is 14.7 Å². The molecule has 1 N–H and O–H groups in total. The molecule has 5 nitrogen and oxygen atoms in total. The highest BCUT2D eigenvalue weighted by atomic mass is 16.6. The number of aliphatic carboxylic acids is 1. The van der Waals surface area contributed by atoms with Crippen LogP contribution in [0.2, 0.25) is 0 Å². The number of terminal acetylenes is 1. The zero-order valence-electron chi connectivity index (χ0n) is 17.7. The van der Waals surface area contributed by atoms with Crippen molar-refractivity contribution in [2.75, 3.05) is 7.11 Å². The Morgan fingerprint density at radius 3 is 2.45 bits per heavy atom. The van der Waals surface area contributed by atoms with Crippen molar-refractivity contribution in [1.82, 2.24) is 0 Å². The predicted molar refractivity (Wildman–Crippen MR) is 106 cm³/mol. The molecule has 0 bridgehead atoms. The molecule has 5 heteroatoms. The van der Waals surface area contributed by atoms with Crippen molar-refractivity contribution in [2.45, 2.75) is 76.9 Å². The largest absolute Gasteiger partial charge is 0.481 e. The predicted octanol–water partition coefficient (Wildman–Crippen LogP) is 3.65. The number of carboxylic acid groups (broad SMARTS) is 1. The summed E-state index contributed by atoms with van der Waals surface area (Å²) in [6, 6.07) is 0. The summed E-state index contributed by atoms with van der Waals surface area (Å²) in [7, 11) is 1.75. The number of ether oxygens (including phenoxy) is 2. The summed E-state index contributed by atoms with van der Waals surface area (Å²) < 4.78 is 11.8. The Morgan fingerprint density at radius 2 is 1.86 bits per heavy atom. The monoisotopic (exact) mass is 400 g/mol. The topological polar surface area (TPSA) is 72.8 Å². The van der Waals surface area contributed by atoms with Crippen LogP contribution in [0.25, 0.3) is 0 Å². The molecular formula is C24H32O5. The lowest BCUT2D eigenvalue weighted by atomic mass is 9.44. The molecule has 158 valence electrons. The van der Waals surface area contributed by atoms with Crippen LogP contribution in [0, 0.1) is 52.3 Å². The number of hydrogen-bond donors (Lipinski definition) is 1. The molecule has 5 aliphatic rings. The Morgan fingerprint density at radius 1 is 1.14 bits per heavy atom. The first-order valence-electron chi connectivity index (χ1n) is 11.2. The summed E-state index contributed by atoms with van der Waals surface area (Å²) in [6.07, 6.45) is 12.9. The van der Waals surface area contributed by atoms with Gasteiger partial charge < -0.3 is 14.6 Å². The second-order valence-corrected chi connectivity index (χ2v) is 10.7. The van der Waals surface area contributed by atoms with E-state index in [0.717, 1.165) is 44.9 Å². The number of methoxy groups -OCH3 is 1. The molecule has 0 heterocycles. The van der Waals surface area contributed by atoms with Crippen molar-refractivity contribution >= 4 is 11.9 Å². The molecule has 0 aliphatic heterocycles. The Labute approximate surface area is 172 Å². The molecule has 0 aromatic rings. The van der Waals surface area contributed by atoms with Crippen LogP contribution < -0.4 is 0 Å². The summed E-state index contributed by atoms with van der Waals surface area (Å²) in [6.45, 7) is 3.61. The fraction of sp³-hybridized carbons (Fsp3) is 0.833. The number of esters is 1. The van der Waals surface area contributed by atoms with Crippen LogP contribution >= 0.6 is 0 Å². The third kappa shape index (κ3) is 1.98. The normalized spacial score (nSPS) is 54.3. The lowest BCUT2D eigenvalue weighted by molar-refractivity contribution is -0.202. The molecule has 5 fully saturated rings. The van der Waals surface area contributed by atoms with E-state index in [1.54, 1.807) is 7.11 Å². The smallest absolute Gasteiger partial charge is 0.310 e. The summed E-state index contributed by atoms with van der Waals surface area (Å²) in [4.78, 5) is 24.7. The standard InChI is InChI=1S/C24H32O5/c1-5-22(29-14(2)25)10-8-17-16-12-19(28-4)24-13-15(24)6-11-23(24,20(26)27)18(16)7-9-21(17,22)3/h1,15-19H,6-13H2,2-4H3,(H,26,27)/t15-,16+,17+,18+,19-,21+,22+,23-,24+/m1/s1. The summed E-state index contributed by atoms with van der Waals surface area (Å²) in [5, 5.41) is 10.6. The minimum Gasteiger partial charge on any atom is -0.481 e. The van der Waals surface area contributed by atoms with Crippen LogP contribution in [0.4, 0.5) is 0 Å². The van der Waals surface area contributed by atoms with Gasteiger partial charge in [0, 0.05) is 24.9 Å². The highest BCUT2D eigenvalue weighted by Crippen LogP contribution is 2.82. The molecule has 0 amide bonds. The Bertz CT molecular complexity index is 815. The van der Waals surface area contributed by atoms with Gasteiger partial charge in [0.15, 0.2) is 5.60 Å². The first-order chi connectivity index (χ1) is 13.7. The summed E-state index contributed by atoms with van der Waals surface area (Å²) >= 11 is 0. The maximum Gasteiger partial charge on any atom is 0.310 e. The van der Waals surface area contributed by atoms with Crippen molar-refractivity contribution < 1.29 is 24.2 Å². The van der Waals surface area contributed by atoms with Crippen LogP contribution in [-0.4, -0.2) is 35.9 Å². The molecule has 5 saturated carbocycles. The van der Waals surface area contributed by atoms with E-state index in [2.05, 4.69) is 12.8 Å². The van der Waals surface area contributed by atoms with Gasteiger partial charge in [0.25, 0.3) is 0 Å². The maximum absolute atomic E-state index is 12.8. The van der Waals surface area contributed by atoms with Gasteiger partial charge in [-0.1, -0.05) is 12.8 Å². The summed E-state index contributed by atoms with van der Waals surface area (Å²) in [5.41, 5.74) is -2.01. The van der Waals surface area contributed by atoms with Gasteiger partial charge in [0.2, 0.25) is 0 Å². The molecule has 29 heavy (non-hydrogen) atoms. The highest BCUT2D eigenvalue weighted by Gasteiger charge is 2.82. The Balaban J connectivity index is 1.58. The number of carboxylic acids is 1. The number of rotatable bonds is 3. The zero-order valence-corrected chi connectivity index (χ0v) is 17.7. The molecule has 9 atom stereocenters. The fourth-order valence-corrected chi connectivity index (χ4v) is 9.24. The third-order valence-electron chi connectivity index (χ3n) is 10.3. The minimum atomic E-state index is -0.875. The van der Waals surface area contributed by atoms with E-state index in [1.165, 1.54) is 6.92 Å². The van der Waals surface area contributed by atoms with E-state index in [0.29, 0.717) is 12.3 Å². The first kappa shape index (κ1) is 19.4. The van der Waals surface area contributed by atoms with Gasteiger partial charge in [-0.05, 0) is 75.0 Å². The molecule has 0 aromatic heterocycles. The molecular weight excluding hydrogens is 368 g/mol. The van der Waals surface area contributed by atoms with E-state index in [1.807, 2.05) is 0 Å². The number of fused-ring (bicyclic) bond motifs is 4. The first-order valence-corrected chi connectivity index (χ1v) is 11.2. The van der Waals surface area contributed by atoms with Crippen molar-refractivity contribution in [3.8, 4) is 12.3 Å². The molecule has 0 aromatic carbocycles. The lowest BCUT2D eigenvalue weighted by Gasteiger charge is -2.60. The Kier molecular flexibility index (Phi) is 3.87. The maximum atomic E-state index is 12.8. The van der Waals surface area contributed by atoms with Crippen LogP contribution in [0.5, 0.6) is 0 Å². The van der Waals surface area contributed by atoms with E-state index in [-0.39, 0.29) is 40.7 Å². The van der Waals surface area contributed by atoms with E-state index < -0.39 is 17.0 Å². The average Bonchev–Trinajstić information content (AvgIpc) is 3.18. The molecule has 0 unspecified atom stereocenters. The molecule has 0 saturated heterocycles. The third-order valence-corrected chi connectivity index (χ3v) is 10.3. The lowest BCUT2D eigenvalue weighted by Crippen LogP contribution is -2.62. The zero-order chi connectivity index (χ0) is 20.8. The average molecular weight is 401 g/mol. The SMILES string of the molecule is C#C[C@]1(OC(C)=O)CC[C@H]2[C@@H]3C[C@@H](OC)[C@]45C[C@H]4CC[C@]5(C(=O)O)[C@H]3CC[C@@]21C. The van der Waals surface area contributed by atoms with Crippen molar-refractivity contribution in [3.05, 3.63) is 0 Å². The van der Waals surface area contributed by atoms with Gasteiger partial charge in [0.05, 0.1) is 11.5 Å². The van der Waals surface area contributed by atoms with Gasteiger partial charge in [-0.25, -0.2) is 0 Å². The summed E-state index contributed by atoms with van der Waals surface area (Å²) in [5.74, 6) is 3.13. The van der Waals surface area contributed by atoms with Gasteiger partial charge in [0.1, 0.15) is 0 Å². The molecule has 5 aliphatic carbocycles. The minimum absolute atomic E-state index is 0.00395. The molecule has 0 radical (unpaired) electrons. The molecule has 1 spiro atoms. The second kappa shape index (κ2) is 5.78. The van der Waals surface area contributed by atoms with Crippen LogP contribution in [-0.2, 0) is 19.1 Å². The number of hydrogen-bond acceptors (Lipinski definition) is 4. The second-order valence-electron chi connectivity index (χ2n) is 10.7. The highest BCUT2D eigenvalue weighted by molar-refractivity contribution is 5.79. The molecule has 5 rings (SSSR count).